The highest BCUT2D eigenvalue weighted by atomic mass is 32.2. The van der Waals surface area contributed by atoms with Crippen molar-refractivity contribution >= 4 is 9.84 Å². The first-order chi connectivity index (χ1) is 13.4. The molecule has 0 spiro atoms. The number of aromatic nitrogens is 2. The zero-order chi connectivity index (χ0) is 20.1. The predicted octanol–water partition coefficient (Wildman–Crippen LogP) is 4.01. The van der Waals surface area contributed by atoms with Crippen LogP contribution in [0, 0.1) is 6.92 Å². The van der Waals surface area contributed by atoms with Gasteiger partial charge in [0.25, 0.3) is 0 Å². The Balaban J connectivity index is 1.75. The van der Waals surface area contributed by atoms with Crippen LogP contribution in [0.2, 0.25) is 0 Å². The molecule has 3 aromatic rings. The van der Waals surface area contributed by atoms with Gasteiger partial charge in [0.05, 0.1) is 28.6 Å². The van der Waals surface area contributed by atoms with Crippen molar-refractivity contribution in [2.45, 2.75) is 30.4 Å². The first-order valence-corrected chi connectivity index (χ1v) is 10.6. The van der Waals surface area contributed by atoms with E-state index in [1.54, 1.807) is 44.3 Å². The molecular weight excluding hydrogens is 372 g/mol. The van der Waals surface area contributed by atoms with Gasteiger partial charge in [-0.3, -0.25) is 4.98 Å². The van der Waals surface area contributed by atoms with E-state index in [0.717, 1.165) is 17.5 Å². The molecule has 0 fully saturated rings. The summed E-state index contributed by atoms with van der Waals surface area (Å²) in [4.78, 5) is 8.88. The maximum atomic E-state index is 12.2. The second kappa shape index (κ2) is 8.52. The van der Waals surface area contributed by atoms with E-state index in [-0.39, 0.29) is 16.5 Å². The minimum atomic E-state index is -3.31. The summed E-state index contributed by atoms with van der Waals surface area (Å²) < 4.78 is 30.2. The Morgan fingerprint density at radius 1 is 1.04 bits per heavy atom. The summed E-state index contributed by atoms with van der Waals surface area (Å²) in [6.45, 7) is 9.63. The summed E-state index contributed by atoms with van der Waals surface area (Å²) in [5.74, 6) is 0.271. The molecule has 0 aliphatic carbocycles. The normalized spacial score (nSPS) is 11.6. The quantitative estimate of drug-likeness (QED) is 0.606. The average Bonchev–Trinajstić information content (AvgIpc) is 2.70. The van der Waals surface area contributed by atoms with Crippen molar-refractivity contribution in [2.75, 3.05) is 6.61 Å². The first-order valence-electron chi connectivity index (χ1n) is 9.01. The van der Waals surface area contributed by atoms with Crippen LogP contribution in [-0.2, 0) is 16.3 Å². The fourth-order valence-electron chi connectivity index (χ4n) is 2.62. The lowest BCUT2D eigenvalue weighted by Gasteiger charge is -2.11. The topological polar surface area (TPSA) is 69.2 Å². The SMILES string of the molecule is [CH]c1ncc(-c2ccc(S(=O)(=O)C(C)C)cc2)nc1OCCc1ccccc1. The lowest BCUT2D eigenvalue weighted by Crippen LogP contribution is -2.13. The Morgan fingerprint density at radius 2 is 1.71 bits per heavy atom. The van der Waals surface area contributed by atoms with Gasteiger partial charge < -0.3 is 4.74 Å². The molecule has 1 aromatic heterocycles. The van der Waals surface area contributed by atoms with Gasteiger partial charge in [0, 0.05) is 18.9 Å². The number of ether oxygens (including phenoxy) is 1. The zero-order valence-electron chi connectivity index (χ0n) is 15.9. The van der Waals surface area contributed by atoms with E-state index < -0.39 is 15.1 Å². The Labute approximate surface area is 166 Å². The first kappa shape index (κ1) is 20.0. The molecule has 0 saturated carbocycles. The van der Waals surface area contributed by atoms with Gasteiger partial charge in [-0.05, 0) is 31.5 Å². The average molecular weight is 394 g/mol. The molecule has 0 atom stereocenters. The molecule has 0 aliphatic rings. The Morgan fingerprint density at radius 3 is 2.36 bits per heavy atom. The van der Waals surface area contributed by atoms with Crippen molar-refractivity contribution in [3.8, 4) is 17.1 Å². The van der Waals surface area contributed by atoms with Crippen LogP contribution < -0.4 is 4.74 Å². The summed E-state index contributed by atoms with van der Waals surface area (Å²) in [7, 11) is -3.31. The molecule has 0 aliphatic heterocycles. The van der Waals surface area contributed by atoms with Gasteiger partial charge in [0.2, 0.25) is 5.88 Å². The third kappa shape index (κ3) is 4.57. The van der Waals surface area contributed by atoms with Gasteiger partial charge in [-0.25, -0.2) is 13.4 Å². The highest BCUT2D eigenvalue weighted by Crippen LogP contribution is 2.24. The number of hydrogen-bond acceptors (Lipinski definition) is 5. The number of benzene rings is 2. The van der Waals surface area contributed by atoms with Crippen molar-refractivity contribution in [1.29, 1.82) is 0 Å². The van der Waals surface area contributed by atoms with E-state index in [2.05, 4.69) is 9.97 Å². The molecule has 0 saturated heterocycles. The molecule has 2 radical (unpaired) electrons. The molecule has 144 valence electrons. The van der Waals surface area contributed by atoms with Crippen LogP contribution in [0.5, 0.6) is 5.88 Å². The van der Waals surface area contributed by atoms with Gasteiger partial charge in [0.1, 0.15) is 5.69 Å². The summed E-state index contributed by atoms with van der Waals surface area (Å²) in [6, 6.07) is 16.6. The van der Waals surface area contributed by atoms with Crippen LogP contribution in [-0.4, -0.2) is 30.2 Å². The molecular formula is C22H22N2O3S. The summed E-state index contributed by atoms with van der Waals surface area (Å²) in [5.41, 5.74) is 2.68. The molecule has 28 heavy (non-hydrogen) atoms. The molecule has 1 heterocycles. The lowest BCUT2D eigenvalue weighted by atomic mass is 10.1. The monoisotopic (exact) mass is 394 g/mol. The highest BCUT2D eigenvalue weighted by molar-refractivity contribution is 7.92. The van der Waals surface area contributed by atoms with E-state index in [0.29, 0.717) is 12.3 Å². The maximum absolute atomic E-state index is 12.2. The van der Waals surface area contributed by atoms with Gasteiger partial charge in [-0.1, -0.05) is 42.5 Å². The van der Waals surface area contributed by atoms with Gasteiger partial charge in [-0.2, -0.15) is 0 Å². The fourth-order valence-corrected chi connectivity index (χ4v) is 3.68. The minimum Gasteiger partial charge on any atom is -0.476 e. The van der Waals surface area contributed by atoms with Gasteiger partial charge in [0.15, 0.2) is 9.84 Å². The number of hydrogen-bond donors (Lipinski definition) is 0. The molecule has 6 heteroatoms. The molecule has 2 aromatic carbocycles. The van der Waals surface area contributed by atoms with E-state index in [1.165, 1.54) is 0 Å². The van der Waals surface area contributed by atoms with Crippen LogP contribution in [0.15, 0.2) is 65.7 Å². The van der Waals surface area contributed by atoms with Crippen molar-refractivity contribution in [3.63, 3.8) is 0 Å². The van der Waals surface area contributed by atoms with E-state index >= 15 is 0 Å². The number of nitrogens with zero attached hydrogens (tertiary/aromatic N) is 2. The fraction of sp³-hybridized carbons (Fsp3) is 0.227. The van der Waals surface area contributed by atoms with E-state index in [4.69, 9.17) is 11.7 Å². The van der Waals surface area contributed by atoms with Crippen molar-refractivity contribution in [3.05, 3.63) is 79.0 Å². The molecule has 3 rings (SSSR count). The highest BCUT2D eigenvalue weighted by Gasteiger charge is 2.19. The van der Waals surface area contributed by atoms with Gasteiger partial charge >= 0.3 is 0 Å². The summed E-state index contributed by atoms with van der Waals surface area (Å²) in [6.07, 6.45) is 2.28. The van der Waals surface area contributed by atoms with Crippen molar-refractivity contribution in [1.82, 2.24) is 9.97 Å². The second-order valence-electron chi connectivity index (χ2n) is 6.65. The lowest BCUT2D eigenvalue weighted by molar-refractivity contribution is 0.307. The predicted molar refractivity (Wildman–Crippen MR) is 109 cm³/mol. The van der Waals surface area contributed by atoms with Crippen LogP contribution in [0.1, 0.15) is 25.1 Å². The third-order valence-corrected chi connectivity index (χ3v) is 6.51. The molecule has 0 amide bonds. The summed E-state index contributed by atoms with van der Waals surface area (Å²) in [5, 5.41) is -0.473. The van der Waals surface area contributed by atoms with Gasteiger partial charge in [-0.15, -0.1) is 0 Å². The van der Waals surface area contributed by atoms with E-state index in [9.17, 15) is 8.42 Å². The second-order valence-corrected chi connectivity index (χ2v) is 9.15. The molecule has 0 N–H and O–H groups in total. The number of sulfone groups is 1. The maximum Gasteiger partial charge on any atom is 0.236 e. The van der Waals surface area contributed by atoms with E-state index in [1.807, 2.05) is 30.3 Å². The van der Waals surface area contributed by atoms with Crippen LogP contribution in [0.25, 0.3) is 11.3 Å². The minimum absolute atomic E-state index is 0.218. The number of rotatable bonds is 7. The van der Waals surface area contributed by atoms with Crippen LogP contribution >= 0.6 is 0 Å². The van der Waals surface area contributed by atoms with Crippen molar-refractivity contribution < 1.29 is 13.2 Å². The summed E-state index contributed by atoms with van der Waals surface area (Å²) >= 11 is 0. The van der Waals surface area contributed by atoms with Crippen LogP contribution in [0.3, 0.4) is 0 Å². The molecule has 0 bridgehead atoms. The standard InChI is InChI=1S/C22H22N2O3S/c1-16(2)28(25,26)20-11-9-19(10-12-20)21-15-23-17(3)22(24-21)27-14-13-18-7-5-4-6-8-18/h3-12,15-16H,13-14H2,1-2H3. The van der Waals surface area contributed by atoms with Crippen LogP contribution in [0.4, 0.5) is 0 Å². The molecule has 5 nitrogen and oxygen atoms in total. The Kier molecular flexibility index (Phi) is 6.09. The third-order valence-electron chi connectivity index (χ3n) is 4.34. The largest absolute Gasteiger partial charge is 0.476 e. The zero-order valence-corrected chi connectivity index (χ0v) is 16.7. The Bertz CT molecular complexity index is 1030. The molecule has 0 unspecified atom stereocenters. The van der Waals surface area contributed by atoms with Crippen molar-refractivity contribution in [2.24, 2.45) is 0 Å². The Hall–Kier alpha value is -2.73. The smallest absolute Gasteiger partial charge is 0.236 e.